The minimum atomic E-state index is -0.628. The van der Waals surface area contributed by atoms with Gasteiger partial charge in [-0.1, -0.05) is 12.8 Å². The molecule has 3 aliphatic heterocycles. The van der Waals surface area contributed by atoms with E-state index in [1.54, 1.807) is 0 Å². The van der Waals surface area contributed by atoms with Crippen LogP contribution in [0.1, 0.15) is 39.5 Å². The van der Waals surface area contributed by atoms with Crippen LogP contribution >= 0.6 is 0 Å². The molecule has 120 valence electrons. The highest BCUT2D eigenvalue weighted by molar-refractivity contribution is 4.98. The van der Waals surface area contributed by atoms with Crippen LogP contribution in [0.4, 0.5) is 0 Å². The van der Waals surface area contributed by atoms with E-state index in [1.807, 2.05) is 18.9 Å². The standard InChI is InChI=1S/C15H25NO5/c1-15(2)19-12-11(8-17)18-14(13(12)20-15)16-7-9-5-3-4-6-10(9)21-16/h9-14,17H,3-8H2,1-2H3. The van der Waals surface area contributed by atoms with Crippen LogP contribution in [0, 0.1) is 5.92 Å². The number of nitrogens with zero attached hydrogens (tertiary/aromatic N) is 1. The monoisotopic (exact) mass is 299 g/mol. The van der Waals surface area contributed by atoms with Crippen molar-refractivity contribution in [2.45, 2.75) is 76.0 Å². The Kier molecular flexibility index (Phi) is 3.52. The Bertz CT molecular complexity index is 390. The maximum atomic E-state index is 9.53. The van der Waals surface area contributed by atoms with Crippen LogP contribution in [-0.4, -0.2) is 59.8 Å². The van der Waals surface area contributed by atoms with Crippen molar-refractivity contribution < 1.29 is 24.2 Å². The topological polar surface area (TPSA) is 60.4 Å². The van der Waals surface area contributed by atoms with E-state index in [1.165, 1.54) is 19.3 Å². The molecule has 0 aromatic rings. The highest BCUT2D eigenvalue weighted by Crippen LogP contribution is 2.42. The number of hydrogen-bond acceptors (Lipinski definition) is 6. The van der Waals surface area contributed by atoms with Crippen molar-refractivity contribution in [3.63, 3.8) is 0 Å². The molecule has 4 fully saturated rings. The van der Waals surface area contributed by atoms with Gasteiger partial charge >= 0.3 is 0 Å². The van der Waals surface area contributed by atoms with E-state index in [2.05, 4.69) is 0 Å². The van der Waals surface area contributed by atoms with Crippen molar-refractivity contribution in [3.8, 4) is 0 Å². The fourth-order valence-electron chi connectivity index (χ4n) is 4.17. The van der Waals surface area contributed by atoms with Crippen molar-refractivity contribution in [2.75, 3.05) is 13.2 Å². The Morgan fingerprint density at radius 1 is 1.14 bits per heavy atom. The Morgan fingerprint density at radius 2 is 1.90 bits per heavy atom. The molecule has 0 spiro atoms. The maximum absolute atomic E-state index is 9.53. The first-order valence-corrected chi connectivity index (χ1v) is 8.13. The average Bonchev–Trinajstić information content (AvgIpc) is 3.08. The summed E-state index contributed by atoms with van der Waals surface area (Å²) in [5.41, 5.74) is 0. The van der Waals surface area contributed by atoms with Crippen LogP contribution in [0.15, 0.2) is 0 Å². The molecule has 4 aliphatic rings. The van der Waals surface area contributed by atoms with Crippen molar-refractivity contribution in [2.24, 2.45) is 5.92 Å². The molecular formula is C15H25NO5. The van der Waals surface area contributed by atoms with Gasteiger partial charge in [0.15, 0.2) is 12.0 Å². The van der Waals surface area contributed by atoms with E-state index < -0.39 is 5.79 Å². The van der Waals surface area contributed by atoms with Crippen LogP contribution in [0.2, 0.25) is 0 Å². The lowest BCUT2D eigenvalue weighted by atomic mass is 9.87. The summed E-state index contributed by atoms with van der Waals surface area (Å²) in [5.74, 6) is -0.0265. The Labute approximate surface area is 125 Å². The Morgan fingerprint density at radius 3 is 2.67 bits per heavy atom. The zero-order chi connectivity index (χ0) is 14.6. The molecule has 6 atom stereocenters. The van der Waals surface area contributed by atoms with Crippen LogP contribution in [0.3, 0.4) is 0 Å². The highest BCUT2D eigenvalue weighted by Gasteiger charge is 2.58. The number of rotatable bonds is 2. The summed E-state index contributed by atoms with van der Waals surface area (Å²) < 4.78 is 17.9. The second kappa shape index (κ2) is 5.15. The summed E-state index contributed by atoms with van der Waals surface area (Å²) in [5, 5.41) is 11.5. The molecule has 1 saturated carbocycles. The smallest absolute Gasteiger partial charge is 0.164 e. The summed E-state index contributed by atoms with van der Waals surface area (Å²) in [4.78, 5) is 6.11. The quantitative estimate of drug-likeness (QED) is 0.822. The molecule has 0 amide bonds. The summed E-state index contributed by atoms with van der Waals surface area (Å²) in [6.45, 7) is 4.64. The van der Waals surface area contributed by atoms with Crippen molar-refractivity contribution in [3.05, 3.63) is 0 Å². The number of ether oxygens (including phenoxy) is 3. The molecule has 0 aromatic carbocycles. The van der Waals surface area contributed by atoms with Crippen molar-refractivity contribution in [1.29, 1.82) is 0 Å². The first-order chi connectivity index (χ1) is 10.1. The Hall–Kier alpha value is -0.240. The summed E-state index contributed by atoms with van der Waals surface area (Å²) >= 11 is 0. The molecule has 3 saturated heterocycles. The number of aliphatic hydroxyl groups excluding tert-OH is 1. The first kappa shape index (κ1) is 14.4. The molecule has 0 aromatic heterocycles. The fraction of sp³-hybridized carbons (Fsp3) is 1.00. The molecule has 0 radical (unpaired) electrons. The zero-order valence-corrected chi connectivity index (χ0v) is 12.7. The van der Waals surface area contributed by atoms with Gasteiger partial charge in [-0.25, -0.2) is 0 Å². The van der Waals surface area contributed by atoms with E-state index in [-0.39, 0.29) is 31.1 Å². The van der Waals surface area contributed by atoms with E-state index in [0.29, 0.717) is 12.0 Å². The fourth-order valence-corrected chi connectivity index (χ4v) is 4.17. The highest BCUT2D eigenvalue weighted by atomic mass is 16.8. The number of hydrogen-bond donors (Lipinski definition) is 1. The lowest BCUT2D eigenvalue weighted by Gasteiger charge is -2.28. The van der Waals surface area contributed by atoms with Gasteiger partial charge in [-0.15, -0.1) is 0 Å². The lowest BCUT2D eigenvalue weighted by molar-refractivity contribution is -0.276. The third-order valence-corrected chi connectivity index (χ3v) is 5.11. The van der Waals surface area contributed by atoms with Crippen LogP contribution < -0.4 is 0 Å². The largest absolute Gasteiger partial charge is 0.394 e. The summed E-state index contributed by atoms with van der Waals surface area (Å²) in [6.07, 6.45) is 4.19. The third-order valence-electron chi connectivity index (χ3n) is 5.11. The molecular weight excluding hydrogens is 274 g/mol. The maximum Gasteiger partial charge on any atom is 0.164 e. The van der Waals surface area contributed by atoms with Gasteiger partial charge in [0.25, 0.3) is 0 Å². The van der Waals surface area contributed by atoms with Gasteiger partial charge in [-0.05, 0) is 26.7 Å². The van der Waals surface area contributed by atoms with E-state index in [9.17, 15) is 5.11 Å². The SMILES string of the molecule is CC1(C)OC2C(CO)OC(N3CC4CCCCC4O3)C2O1. The van der Waals surface area contributed by atoms with E-state index in [4.69, 9.17) is 19.0 Å². The molecule has 21 heavy (non-hydrogen) atoms. The zero-order valence-electron chi connectivity index (χ0n) is 12.7. The first-order valence-electron chi connectivity index (χ1n) is 8.13. The van der Waals surface area contributed by atoms with E-state index >= 15 is 0 Å². The number of aliphatic hydroxyl groups is 1. The minimum absolute atomic E-state index is 0.0577. The predicted molar refractivity (Wildman–Crippen MR) is 73.1 cm³/mol. The van der Waals surface area contributed by atoms with Gasteiger partial charge in [-0.3, -0.25) is 4.84 Å². The second-order valence-electron chi connectivity index (χ2n) is 7.10. The molecule has 0 bridgehead atoms. The summed E-state index contributed by atoms with van der Waals surface area (Å²) in [7, 11) is 0. The molecule has 6 nitrogen and oxygen atoms in total. The van der Waals surface area contributed by atoms with Crippen molar-refractivity contribution >= 4 is 0 Å². The molecule has 6 heteroatoms. The minimum Gasteiger partial charge on any atom is -0.394 e. The van der Waals surface area contributed by atoms with Crippen molar-refractivity contribution in [1.82, 2.24) is 5.06 Å². The van der Waals surface area contributed by atoms with Gasteiger partial charge in [0.2, 0.25) is 0 Å². The third kappa shape index (κ3) is 2.42. The van der Waals surface area contributed by atoms with Gasteiger partial charge in [0, 0.05) is 12.5 Å². The number of hydroxylamine groups is 2. The lowest BCUT2D eigenvalue weighted by Crippen LogP contribution is -2.42. The van der Waals surface area contributed by atoms with Gasteiger partial charge in [0.1, 0.15) is 18.3 Å². The van der Waals surface area contributed by atoms with Crippen LogP contribution in [0.25, 0.3) is 0 Å². The average molecular weight is 299 g/mol. The predicted octanol–water partition coefficient (Wildman–Crippen LogP) is 1.03. The van der Waals surface area contributed by atoms with Crippen LogP contribution in [0.5, 0.6) is 0 Å². The van der Waals surface area contributed by atoms with Crippen LogP contribution in [-0.2, 0) is 19.0 Å². The van der Waals surface area contributed by atoms with E-state index in [0.717, 1.165) is 13.0 Å². The Balaban J connectivity index is 1.50. The normalized spacial score (nSPS) is 49.3. The molecule has 1 aliphatic carbocycles. The number of fused-ring (bicyclic) bond motifs is 2. The summed E-state index contributed by atoms with van der Waals surface area (Å²) in [6, 6.07) is 0. The van der Waals surface area contributed by atoms with Gasteiger partial charge in [-0.2, -0.15) is 5.06 Å². The molecule has 4 rings (SSSR count). The molecule has 1 N–H and O–H groups in total. The molecule has 3 heterocycles. The van der Waals surface area contributed by atoms with Gasteiger partial charge < -0.3 is 19.3 Å². The second-order valence-corrected chi connectivity index (χ2v) is 7.10. The molecule has 6 unspecified atom stereocenters. The van der Waals surface area contributed by atoms with Gasteiger partial charge in [0.05, 0.1) is 12.7 Å².